The van der Waals surface area contributed by atoms with Gasteiger partial charge in [0.25, 0.3) is 0 Å². The minimum atomic E-state index is -1.09. The zero-order valence-electron chi connectivity index (χ0n) is 11.4. The molecule has 0 saturated carbocycles. The van der Waals surface area contributed by atoms with E-state index in [1.807, 2.05) is 6.92 Å². The molecule has 1 fully saturated rings. The minimum absolute atomic E-state index is 0.0170. The molecular formula is C12H22N2O5. The molecule has 0 aliphatic carbocycles. The molecule has 1 saturated heterocycles. The highest BCUT2D eigenvalue weighted by Gasteiger charge is 2.47. The Kier molecular flexibility index (Phi) is 5.56. The maximum Gasteiger partial charge on any atom is 0.317 e. The van der Waals surface area contributed by atoms with Gasteiger partial charge in [-0.2, -0.15) is 0 Å². The van der Waals surface area contributed by atoms with Gasteiger partial charge in [-0.15, -0.1) is 0 Å². The van der Waals surface area contributed by atoms with Crippen molar-refractivity contribution < 1.29 is 24.5 Å². The largest absolute Gasteiger partial charge is 0.481 e. The van der Waals surface area contributed by atoms with Crippen LogP contribution in [-0.4, -0.2) is 66.1 Å². The SMILES string of the molecule is CCN(CCCO)C(=O)NC1COCC1(C)C(=O)O. The number of aliphatic hydroxyl groups excluding tert-OH is 1. The summed E-state index contributed by atoms with van der Waals surface area (Å²) in [4.78, 5) is 24.8. The molecule has 2 amide bonds. The molecule has 7 nitrogen and oxygen atoms in total. The first kappa shape index (κ1) is 15.7. The van der Waals surface area contributed by atoms with E-state index in [9.17, 15) is 14.7 Å². The fraction of sp³-hybridized carbons (Fsp3) is 0.833. The maximum absolute atomic E-state index is 12.0. The summed E-state index contributed by atoms with van der Waals surface area (Å²) in [6.45, 7) is 4.65. The van der Waals surface area contributed by atoms with Crippen molar-refractivity contribution in [2.45, 2.75) is 26.3 Å². The Bertz CT molecular complexity index is 336. The van der Waals surface area contributed by atoms with Crippen LogP contribution in [-0.2, 0) is 9.53 Å². The number of carbonyl (C=O) groups is 2. The lowest BCUT2D eigenvalue weighted by atomic mass is 9.85. The molecule has 1 aliphatic heterocycles. The van der Waals surface area contributed by atoms with Crippen molar-refractivity contribution in [2.75, 3.05) is 32.9 Å². The van der Waals surface area contributed by atoms with E-state index < -0.39 is 17.4 Å². The summed E-state index contributed by atoms with van der Waals surface area (Å²) in [5.74, 6) is -0.978. The van der Waals surface area contributed by atoms with Crippen LogP contribution >= 0.6 is 0 Å². The lowest BCUT2D eigenvalue weighted by molar-refractivity contribution is -0.148. The fourth-order valence-electron chi connectivity index (χ4n) is 1.99. The molecule has 19 heavy (non-hydrogen) atoms. The van der Waals surface area contributed by atoms with Crippen LogP contribution < -0.4 is 5.32 Å². The van der Waals surface area contributed by atoms with E-state index in [1.165, 1.54) is 4.90 Å². The number of carboxylic acid groups (broad SMARTS) is 1. The third kappa shape index (κ3) is 3.57. The third-order valence-electron chi connectivity index (χ3n) is 3.50. The van der Waals surface area contributed by atoms with E-state index in [4.69, 9.17) is 9.84 Å². The molecule has 1 rings (SSSR count). The quantitative estimate of drug-likeness (QED) is 0.627. The van der Waals surface area contributed by atoms with Crippen molar-refractivity contribution in [2.24, 2.45) is 5.41 Å². The Balaban J connectivity index is 2.62. The van der Waals surface area contributed by atoms with Gasteiger partial charge in [0.1, 0.15) is 5.41 Å². The Morgan fingerprint density at radius 3 is 2.74 bits per heavy atom. The van der Waals surface area contributed by atoms with Gasteiger partial charge in [0.05, 0.1) is 19.3 Å². The molecule has 2 atom stereocenters. The van der Waals surface area contributed by atoms with Crippen LogP contribution in [0, 0.1) is 5.41 Å². The van der Waals surface area contributed by atoms with Crippen LogP contribution in [0.5, 0.6) is 0 Å². The molecule has 1 aliphatic rings. The molecule has 0 aromatic rings. The summed E-state index contributed by atoms with van der Waals surface area (Å²) in [5, 5.41) is 20.7. The normalized spacial score (nSPS) is 26.2. The third-order valence-corrected chi connectivity index (χ3v) is 3.50. The second kappa shape index (κ2) is 6.72. The average Bonchev–Trinajstić information content (AvgIpc) is 2.73. The summed E-state index contributed by atoms with van der Waals surface area (Å²) in [6.07, 6.45) is 0.499. The molecular weight excluding hydrogens is 252 g/mol. The molecule has 0 spiro atoms. The highest BCUT2D eigenvalue weighted by atomic mass is 16.5. The van der Waals surface area contributed by atoms with Gasteiger partial charge in [0.15, 0.2) is 0 Å². The van der Waals surface area contributed by atoms with Crippen LogP contribution in [0.2, 0.25) is 0 Å². The van der Waals surface area contributed by atoms with Gasteiger partial charge < -0.3 is 25.2 Å². The highest BCUT2D eigenvalue weighted by molar-refractivity contribution is 5.79. The summed E-state index contributed by atoms with van der Waals surface area (Å²) >= 11 is 0. The van der Waals surface area contributed by atoms with E-state index in [0.29, 0.717) is 19.5 Å². The number of carbonyl (C=O) groups excluding carboxylic acids is 1. The summed E-state index contributed by atoms with van der Waals surface area (Å²) in [6, 6.07) is -0.861. The number of nitrogens with zero attached hydrogens (tertiary/aromatic N) is 1. The lowest BCUT2D eigenvalue weighted by Crippen LogP contribution is -2.53. The van der Waals surface area contributed by atoms with Gasteiger partial charge in [-0.3, -0.25) is 4.79 Å². The summed E-state index contributed by atoms with van der Waals surface area (Å²) < 4.78 is 5.18. The number of hydrogen-bond donors (Lipinski definition) is 3. The molecule has 0 aromatic carbocycles. The van der Waals surface area contributed by atoms with E-state index in [0.717, 1.165) is 0 Å². The second-order valence-corrected chi connectivity index (χ2v) is 4.90. The van der Waals surface area contributed by atoms with Gasteiger partial charge in [-0.05, 0) is 20.3 Å². The van der Waals surface area contributed by atoms with Crippen molar-refractivity contribution in [3.05, 3.63) is 0 Å². The molecule has 0 bridgehead atoms. The Morgan fingerprint density at radius 2 is 2.21 bits per heavy atom. The smallest absolute Gasteiger partial charge is 0.317 e. The maximum atomic E-state index is 12.0. The fourth-order valence-corrected chi connectivity index (χ4v) is 1.99. The van der Waals surface area contributed by atoms with Gasteiger partial charge in [-0.25, -0.2) is 4.79 Å². The standard InChI is InChI=1S/C12H22N2O5/c1-3-14(5-4-6-15)11(18)13-9-7-19-8-12(9,2)10(16)17/h9,15H,3-8H2,1-2H3,(H,13,18)(H,16,17). The van der Waals surface area contributed by atoms with E-state index in [2.05, 4.69) is 5.32 Å². The van der Waals surface area contributed by atoms with E-state index >= 15 is 0 Å². The van der Waals surface area contributed by atoms with Gasteiger partial charge in [0.2, 0.25) is 0 Å². The van der Waals surface area contributed by atoms with E-state index in [-0.39, 0.29) is 25.9 Å². The Morgan fingerprint density at radius 1 is 1.53 bits per heavy atom. The first-order valence-corrected chi connectivity index (χ1v) is 6.43. The number of hydrogen-bond acceptors (Lipinski definition) is 4. The monoisotopic (exact) mass is 274 g/mol. The molecule has 110 valence electrons. The predicted octanol–water partition coefficient (Wildman–Crippen LogP) is -0.110. The van der Waals surface area contributed by atoms with Gasteiger partial charge >= 0.3 is 12.0 Å². The average molecular weight is 274 g/mol. The van der Waals surface area contributed by atoms with Crippen LogP contribution in [0.3, 0.4) is 0 Å². The van der Waals surface area contributed by atoms with Crippen LogP contribution in [0.15, 0.2) is 0 Å². The molecule has 7 heteroatoms. The number of carboxylic acids is 1. The molecule has 1 heterocycles. The van der Waals surface area contributed by atoms with Crippen molar-refractivity contribution in [3.8, 4) is 0 Å². The molecule has 2 unspecified atom stereocenters. The number of aliphatic hydroxyl groups is 1. The number of ether oxygens (including phenoxy) is 1. The van der Waals surface area contributed by atoms with Crippen LogP contribution in [0.4, 0.5) is 4.79 Å². The van der Waals surface area contributed by atoms with E-state index in [1.54, 1.807) is 6.92 Å². The molecule has 0 radical (unpaired) electrons. The Labute approximate surface area is 112 Å². The minimum Gasteiger partial charge on any atom is -0.481 e. The summed E-state index contributed by atoms with van der Waals surface area (Å²) in [5.41, 5.74) is -1.09. The number of rotatable bonds is 6. The van der Waals surface area contributed by atoms with Crippen LogP contribution in [0.1, 0.15) is 20.3 Å². The van der Waals surface area contributed by atoms with Crippen molar-refractivity contribution >= 4 is 12.0 Å². The zero-order valence-corrected chi connectivity index (χ0v) is 11.4. The zero-order chi connectivity index (χ0) is 14.5. The van der Waals surface area contributed by atoms with Gasteiger partial charge in [0, 0.05) is 19.7 Å². The van der Waals surface area contributed by atoms with Crippen molar-refractivity contribution in [3.63, 3.8) is 0 Å². The topological polar surface area (TPSA) is 99.1 Å². The second-order valence-electron chi connectivity index (χ2n) is 4.90. The predicted molar refractivity (Wildman–Crippen MR) is 67.8 cm³/mol. The number of urea groups is 1. The first-order chi connectivity index (χ1) is 8.95. The Hall–Kier alpha value is -1.34. The number of amides is 2. The van der Waals surface area contributed by atoms with Crippen molar-refractivity contribution in [1.82, 2.24) is 10.2 Å². The number of nitrogens with one attached hydrogen (secondary N) is 1. The lowest BCUT2D eigenvalue weighted by Gasteiger charge is -2.29. The first-order valence-electron chi connectivity index (χ1n) is 6.43. The van der Waals surface area contributed by atoms with Crippen LogP contribution in [0.25, 0.3) is 0 Å². The highest BCUT2D eigenvalue weighted by Crippen LogP contribution is 2.28. The molecule has 3 N–H and O–H groups in total. The number of aliphatic carboxylic acids is 1. The molecule has 0 aromatic heterocycles. The van der Waals surface area contributed by atoms with Gasteiger partial charge in [-0.1, -0.05) is 0 Å². The van der Waals surface area contributed by atoms with Crippen molar-refractivity contribution in [1.29, 1.82) is 0 Å². The summed E-state index contributed by atoms with van der Waals surface area (Å²) in [7, 11) is 0.